The monoisotopic (exact) mass is 330 g/mol. The fraction of sp³-hybridized carbons (Fsp3) is 0.412. The van der Waals surface area contributed by atoms with E-state index in [0.717, 1.165) is 36.2 Å². The number of amides is 1. The zero-order valence-corrected chi connectivity index (χ0v) is 13.1. The van der Waals surface area contributed by atoms with Crippen LogP contribution in [0.1, 0.15) is 30.5 Å². The van der Waals surface area contributed by atoms with Crippen LogP contribution < -0.4 is 11.1 Å². The summed E-state index contributed by atoms with van der Waals surface area (Å²) in [5.74, 6) is -0.0982. The maximum Gasteiger partial charge on any atom is 0.245 e. The maximum absolute atomic E-state index is 13.1. The molecule has 0 atom stereocenters. The van der Waals surface area contributed by atoms with Gasteiger partial charge in [0, 0.05) is 24.1 Å². The summed E-state index contributed by atoms with van der Waals surface area (Å²) in [5, 5.41) is 16.8. The number of halogens is 1. The van der Waals surface area contributed by atoms with Crippen molar-refractivity contribution in [1.29, 1.82) is 0 Å². The third-order valence-electron chi connectivity index (χ3n) is 4.89. The van der Waals surface area contributed by atoms with E-state index in [1.807, 2.05) is 0 Å². The van der Waals surface area contributed by atoms with Crippen molar-refractivity contribution in [2.75, 3.05) is 5.32 Å². The van der Waals surface area contributed by atoms with Crippen LogP contribution in [0, 0.1) is 5.82 Å². The quantitative estimate of drug-likeness (QED) is 0.790. The van der Waals surface area contributed by atoms with Crippen LogP contribution in [0.3, 0.4) is 0 Å². The van der Waals surface area contributed by atoms with Gasteiger partial charge >= 0.3 is 0 Å². The number of aromatic nitrogens is 2. The molecule has 4 rings (SSSR count). The van der Waals surface area contributed by atoms with Gasteiger partial charge in [-0.3, -0.25) is 4.79 Å². The zero-order valence-electron chi connectivity index (χ0n) is 13.1. The van der Waals surface area contributed by atoms with E-state index in [1.54, 1.807) is 16.8 Å². The smallest absolute Gasteiger partial charge is 0.245 e. The Balaban J connectivity index is 1.64. The third kappa shape index (κ3) is 2.40. The molecule has 126 valence electrons. The second kappa shape index (κ2) is 5.39. The average molecular weight is 330 g/mol. The number of hydrogen-bond donors (Lipinski definition) is 3. The van der Waals surface area contributed by atoms with Crippen molar-refractivity contribution < 1.29 is 14.3 Å². The number of nitrogens with two attached hydrogens (primary N) is 1. The largest absolute Gasteiger partial charge is 0.393 e. The van der Waals surface area contributed by atoms with Crippen molar-refractivity contribution in [1.82, 2.24) is 9.78 Å². The van der Waals surface area contributed by atoms with Crippen molar-refractivity contribution in [3.8, 4) is 5.69 Å². The second-order valence-corrected chi connectivity index (χ2v) is 6.69. The molecule has 0 unspecified atom stereocenters. The molecule has 7 heteroatoms. The molecule has 4 N–H and O–H groups in total. The van der Waals surface area contributed by atoms with E-state index in [0.29, 0.717) is 5.82 Å². The summed E-state index contributed by atoms with van der Waals surface area (Å²) in [7, 11) is 0. The fourth-order valence-electron chi connectivity index (χ4n) is 3.53. The number of anilines is 1. The number of rotatable bonds is 3. The van der Waals surface area contributed by atoms with Gasteiger partial charge in [-0.1, -0.05) is 0 Å². The highest BCUT2D eigenvalue weighted by molar-refractivity contribution is 5.98. The molecule has 1 aromatic heterocycles. The summed E-state index contributed by atoms with van der Waals surface area (Å²) >= 11 is 0. The summed E-state index contributed by atoms with van der Waals surface area (Å²) in [6.45, 7) is 0. The number of carbonyl (C=O) groups is 1. The van der Waals surface area contributed by atoms with Gasteiger partial charge in [0.15, 0.2) is 5.82 Å². The van der Waals surface area contributed by atoms with Crippen molar-refractivity contribution in [2.24, 2.45) is 5.73 Å². The Hall–Kier alpha value is -2.25. The molecule has 1 heterocycles. The number of hydrogen-bond acceptors (Lipinski definition) is 4. The van der Waals surface area contributed by atoms with Gasteiger partial charge in [0.25, 0.3) is 0 Å². The number of nitrogens with zero attached hydrogens (tertiary/aromatic N) is 2. The predicted octanol–water partition coefficient (Wildman–Crippen LogP) is 1.29. The molecule has 0 saturated heterocycles. The lowest BCUT2D eigenvalue weighted by Crippen LogP contribution is -2.62. The van der Waals surface area contributed by atoms with Gasteiger partial charge in [-0.05, 0) is 43.5 Å². The highest BCUT2D eigenvalue weighted by atomic mass is 19.1. The Morgan fingerprint density at radius 2 is 2.04 bits per heavy atom. The Bertz CT molecular complexity index is 794. The van der Waals surface area contributed by atoms with Crippen LogP contribution in [-0.2, 0) is 17.6 Å². The second-order valence-electron chi connectivity index (χ2n) is 6.69. The minimum absolute atomic E-state index is 0.264. The molecule has 2 aliphatic carbocycles. The molecule has 2 aliphatic rings. The minimum atomic E-state index is -1.02. The van der Waals surface area contributed by atoms with Crippen LogP contribution in [0.5, 0.6) is 0 Å². The van der Waals surface area contributed by atoms with E-state index in [4.69, 9.17) is 5.73 Å². The van der Waals surface area contributed by atoms with E-state index in [9.17, 15) is 14.3 Å². The summed E-state index contributed by atoms with van der Waals surface area (Å²) in [6, 6.07) is 6.11. The third-order valence-corrected chi connectivity index (χ3v) is 4.89. The van der Waals surface area contributed by atoms with E-state index in [-0.39, 0.29) is 24.6 Å². The van der Waals surface area contributed by atoms with Crippen LogP contribution in [-0.4, -0.2) is 32.4 Å². The molecular weight excluding hydrogens is 311 g/mol. The molecule has 0 aliphatic heterocycles. The summed E-state index contributed by atoms with van der Waals surface area (Å²) in [6.07, 6.45) is 2.71. The van der Waals surface area contributed by atoms with Gasteiger partial charge in [0.05, 0.1) is 11.8 Å². The van der Waals surface area contributed by atoms with E-state index >= 15 is 0 Å². The first kappa shape index (κ1) is 15.3. The highest BCUT2D eigenvalue weighted by Crippen LogP contribution is 2.34. The summed E-state index contributed by atoms with van der Waals surface area (Å²) < 4.78 is 14.9. The molecule has 1 fully saturated rings. The number of aliphatic hydroxyl groups is 1. The highest BCUT2D eigenvalue weighted by Gasteiger charge is 2.46. The fourth-order valence-corrected chi connectivity index (χ4v) is 3.53. The topological polar surface area (TPSA) is 93.2 Å². The van der Waals surface area contributed by atoms with Gasteiger partial charge in [-0.2, -0.15) is 0 Å². The molecule has 1 aromatic carbocycles. The lowest BCUT2D eigenvalue weighted by atomic mass is 9.74. The average Bonchev–Trinajstić information content (AvgIpc) is 3.10. The molecule has 6 nitrogen and oxygen atoms in total. The Kier molecular flexibility index (Phi) is 3.43. The standard InChI is InChI=1S/C17H19FN4O2/c18-10-4-6-11(7-5-10)22-14-3-1-2-13(14)15(21-22)20-16(24)17(19)8-12(23)9-17/h4-7,12,23H,1-3,8-9,19H2,(H,20,21,24). The van der Waals surface area contributed by atoms with Gasteiger partial charge < -0.3 is 16.2 Å². The first-order valence-corrected chi connectivity index (χ1v) is 8.11. The van der Waals surface area contributed by atoms with Gasteiger partial charge in [0.2, 0.25) is 5.91 Å². The molecule has 1 amide bonds. The first-order valence-electron chi connectivity index (χ1n) is 8.11. The predicted molar refractivity (Wildman–Crippen MR) is 86.3 cm³/mol. The van der Waals surface area contributed by atoms with Crippen LogP contribution >= 0.6 is 0 Å². The van der Waals surface area contributed by atoms with Crippen molar-refractivity contribution in [3.05, 3.63) is 41.3 Å². The SMILES string of the molecule is NC1(C(=O)Nc2nn(-c3ccc(F)cc3)c3c2CCC3)CC(O)C1. The van der Waals surface area contributed by atoms with Crippen LogP contribution in [0.2, 0.25) is 0 Å². The molecule has 1 saturated carbocycles. The van der Waals surface area contributed by atoms with Gasteiger partial charge in [-0.15, -0.1) is 5.10 Å². The normalized spacial score (nSPS) is 25.2. The Morgan fingerprint density at radius 1 is 1.33 bits per heavy atom. The zero-order chi connectivity index (χ0) is 16.9. The van der Waals surface area contributed by atoms with Gasteiger partial charge in [-0.25, -0.2) is 9.07 Å². The Labute approximate surface area is 138 Å². The molecule has 0 radical (unpaired) electrons. The number of nitrogens with one attached hydrogen (secondary N) is 1. The number of fused-ring (bicyclic) bond motifs is 1. The molecule has 2 aromatic rings. The van der Waals surface area contributed by atoms with Crippen molar-refractivity contribution >= 4 is 11.7 Å². The van der Waals surface area contributed by atoms with Crippen LogP contribution in [0.15, 0.2) is 24.3 Å². The molecular formula is C17H19FN4O2. The van der Waals surface area contributed by atoms with E-state index in [1.165, 1.54) is 12.1 Å². The molecule has 0 bridgehead atoms. The number of aliphatic hydroxyl groups excluding tert-OH is 1. The number of benzene rings is 1. The van der Waals surface area contributed by atoms with Crippen molar-refractivity contribution in [3.63, 3.8) is 0 Å². The Morgan fingerprint density at radius 3 is 2.71 bits per heavy atom. The first-order chi connectivity index (χ1) is 11.5. The van der Waals surface area contributed by atoms with E-state index < -0.39 is 11.6 Å². The maximum atomic E-state index is 13.1. The summed E-state index contributed by atoms with van der Waals surface area (Å²) in [5.41, 5.74) is 7.80. The van der Waals surface area contributed by atoms with Crippen molar-refractivity contribution in [2.45, 2.75) is 43.7 Å². The minimum Gasteiger partial charge on any atom is -0.393 e. The molecule has 24 heavy (non-hydrogen) atoms. The molecule has 0 spiro atoms. The van der Waals surface area contributed by atoms with Crippen LogP contribution in [0.4, 0.5) is 10.2 Å². The number of carbonyl (C=O) groups excluding carboxylic acids is 1. The van der Waals surface area contributed by atoms with E-state index in [2.05, 4.69) is 10.4 Å². The van der Waals surface area contributed by atoms with Gasteiger partial charge in [0.1, 0.15) is 11.4 Å². The lowest BCUT2D eigenvalue weighted by molar-refractivity contribution is -0.128. The lowest BCUT2D eigenvalue weighted by Gasteiger charge is -2.40. The summed E-state index contributed by atoms with van der Waals surface area (Å²) in [4.78, 5) is 12.4. The van der Waals surface area contributed by atoms with Crippen LogP contribution in [0.25, 0.3) is 5.69 Å².